The van der Waals surface area contributed by atoms with Crippen LogP contribution in [0.1, 0.15) is 46.1 Å². The van der Waals surface area contributed by atoms with E-state index in [1.165, 1.54) is 0 Å². The predicted molar refractivity (Wildman–Crippen MR) is 111 cm³/mol. The molecule has 1 unspecified atom stereocenters. The molecule has 1 aliphatic heterocycles. The summed E-state index contributed by atoms with van der Waals surface area (Å²) in [6.45, 7) is 7.98. The number of nitrogens with zero attached hydrogens (tertiary/aromatic N) is 2. The molecule has 0 aromatic heterocycles. The van der Waals surface area contributed by atoms with E-state index in [0.717, 1.165) is 5.56 Å². The summed E-state index contributed by atoms with van der Waals surface area (Å²) in [6, 6.07) is 7.25. The quantitative estimate of drug-likeness (QED) is 0.617. The monoisotopic (exact) mass is 440 g/mol. The molecule has 8 heteroatoms. The van der Waals surface area contributed by atoms with E-state index in [0.29, 0.717) is 36.0 Å². The summed E-state index contributed by atoms with van der Waals surface area (Å²) in [4.78, 5) is 26.6. The van der Waals surface area contributed by atoms with E-state index in [2.05, 4.69) is 6.07 Å². The molecule has 1 atom stereocenters. The second kappa shape index (κ2) is 9.23. The van der Waals surface area contributed by atoms with Crippen LogP contribution in [0.5, 0.6) is 0 Å². The number of amides is 1. The maximum absolute atomic E-state index is 12.6. The fourth-order valence-electron chi connectivity index (χ4n) is 3.59. The van der Waals surface area contributed by atoms with E-state index in [9.17, 15) is 14.9 Å². The molecule has 0 saturated carbocycles. The van der Waals surface area contributed by atoms with Gasteiger partial charge in [-0.05, 0) is 58.2 Å². The fraction of sp³-hybridized carbons (Fsp3) is 0.571. The van der Waals surface area contributed by atoms with E-state index in [1.807, 2.05) is 0 Å². The van der Waals surface area contributed by atoms with Crippen LogP contribution in [0, 0.1) is 17.2 Å². The van der Waals surface area contributed by atoms with Gasteiger partial charge in [0, 0.05) is 18.5 Å². The molecular weight excluding hydrogens is 415 g/mol. The number of hydrogen-bond acceptors (Lipinski definition) is 5. The van der Waals surface area contributed by atoms with Crippen LogP contribution < -0.4 is 0 Å². The van der Waals surface area contributed by atoms with Crippen LogP contribution in [-0.2, 0) is 19.7 Å². The molecule has 1 aromatic carbocycles. The molecule has 1 aromatic rings. The Morgan fingerprint density at radius 2 is 1.86 bits per heavy atom. The summed E-state index contributed by atoms with van der Waals surface area (Å²) >= 11 is 12.3. The average Bonchev–Trinajstić information content (AvgIpc) is 2.63. The van der Waals surface area contributed by atoms with Crippen molar-refractivity contribution < 1.29 is 19.1 Å². The smallest absolute Gasteiger partial charge is 0.410 e. The Labute approximate surface area is 181 Å². The van der Waals surface area contributed by atoms with Gasteiger partial charge in [-0.3, -0.25) is 4.79 Å². The highest BCUT2D eigenvalue weighted by molar-refractivity contribution is 6.42. The number of carbonyl (C=O) groups excluding carboxylic acids is 2. The number of esters is 1. The van der Waals surface area contributed by atoms with Gasteiger partial charge in [0.15, 0.2) is 5.92 Å². The third-order valence-corrected chi connectivity index (χ3v) is 5.74. The summed E-state index contributed by atoms with van der Waals surface area (Å²) in [5, 5.41) is 10.6. The van der Waals surface area contributed by atoms with Crippen molar-refractivity contribution in [1.29, 1.82) is 5.26 Å². The lowest BCUT2D eigenvalue weighted by molar-refractivity contribution is -0.149. The first-order valence-corrected chi connectivity index (χ1v) is 10.3. The number of ether oxygens (including phenoxy) is 2. The number of halogens is 2. The van der Waals surface area contributed by atoms with Gasteiger partial charge >= 0.3 is 12.1 Å². The standard InChI is InChI=1S/C21H26Cl2N2O4/c1-5-28-18(26)15(13-24)21(14-6-7-16(22)17(23)12-14)8-10-25(11-9-21)19(27)29-20(2,3)4/h6-7,12,15H,5,8-11H2,1-4H3. The third-order valence-electron chi connectivity index (χ3n) is 5.01. The van der Waals surface area contributed by atoms with Crippen LogP contribution in [0.15, 0.2) is 18.2 Å². The Morgan fingerprint density at radius 3 is 2.34 bits per heavy atom. The fourth-order valence-corrected chi connectivity index (χ4v) is 3.89. The minimum absolute atomic E-state index is 0.179. The minimum atomic E-state index is -1.03. The molecule has 0 aliphatic carbocycles. The van der Waals surface area contributed by atoms with Crippen molar-refractivity contribution in [2.24, 2.45) is 5.92 Å². The first kappa shape index (κ1) is 23.3. The second-order valence-electron chi connectivity index (χ2n) is 8.07. The molecule has 158 valence electrons. The van der Waals surface area contributed by atoms with Crippen LogP contribution in [0.2, 0.25) is 10.0 Å². The van der Waals surface area contributed by atoms with Gasteiger partial charge in [-0.2, -0.15) is 5.26 Å². The van der Waals surface area contributed by atoms with Crippen molar-refractivity contribution >= 4 is 35.3 Å². The molecule has 6 nitrogen and oxygen atoms in total. The summed E-state index contributed by atoms with van der Waals surface area (Å²) < 4.78 is 10.6. The van der Waals surface area contributed by atoms with Gasteiger partial charge in [0.2, 0.25) is 0 Å². The largest absolute Gasteiger partial charge is 0.465 e. The van der Waals surface area contributed by atoms with Gasteiger partial charge < -0.3 is 14.4 Å². The normalized spacial score (nSPS) is 17.2. The van der Waals surface area contributed by atoms with Gasteiger partial charge in [0.25, 0.3) is 0 Å². The van der Waals surface area contributed by atoms with Crippen molar-refractivity contribution in [2.75, 3.05) is 19.7 Å². The molecule has 0 N–H and O–H groups in total. The molecule has 29 heavy (non-hydrogen) atoms. The Hall–Kier alpha value is -1.97. The topological polar surface area (TPSA) is 79.6 Å². The number of nitriles is 1. The molecule has 0 spiro atoms. The predicted octanol–water partition coefficient (Wildman–Crippen LogP) is 4.96. The van der Waals surface area contributed by atoms with Gasteiger partial charge in [-0.1, -0.05) is 29.3 Å². The van der Waals surface area contributed by atoms with Crippen LogP contribution >= 0.6 is 23.2 Å². The highest BCUT2D eigenvalue weighted by Gasteiger charge is 2.48. The zero-order valence-corrected chi connectivity index (χ0v) is 18.6. The Morgan fingerprint density at radius 1 is 1.24 bits per heavy atom. The Kier molecular flexibility index (Phi) is 7.42. The summed E-state index contributed by atoms with van der Waals surface area (Å²) in [5.41, 5.74) is -0.709. The van der Waals surface area contributed by atoms with Gasteiger partial charge in [0.05, 0.1) is 22.7 Å². The number of likely N-dealkylation sites (tertiary alicyclic amines) is 1. The average molecular weight is 441 g/mol. The SMILES string of the molecule is CCOC(=O)C(C#N)C1(c2ccc(Cl)c(Cl)c2)CCN(C(=O)OC(C)(C)C)CC1. The number of rotatable bonds is 4. The molecule has 1 amide bonds. The zero-order chi connectivity index (χ0) is 21.8. The second-order valence-corrected chi connectivity index (χ2v) is 8.88. The molecule has 2 rings (SSSR count). The highest BCUT2D eigenvalue weighted by Crippen LogP contribution is 2.44. The first-order valence-electron chi connectivity index (χ1n) is 9.54. The summed E-state index contributed by atoms with van der Waals surface area (Å²) in [6.07, 6.45) is 0.368. The van der Waals surface area contributed by atoms with E-state index in [-0.39, 0.29) is 6.61 Å². The molecular formula is C21H26Cl2N2O4. The van der Waals surface area contributed by atoms with E-state index in [4.69, 9.17) is 32.7 Å². The summed E-state index contributed by atoms with van der Waals surface area (Å²) in [5.74, 6) is -1.60. The maximum atomic E-state index is 12.6. The molecule has 0 radical (unpaired) electrons. The van der Waals surface area contributed by atoms with Gasteiger partial charge in [-0.25, -0.2) is 4.79 Å². The number of carbonyl (C=O) groups is 2. The highest BCUT2D eigenvalue weighted by atomic mass is 35.5. The molecule has 1 aliphatic rings. The first-order chi connectivity index (χ1) is 13.5. The van der Waals surface area contributed by atoms with E-state index < -0.39 is 29.0 Å². The molecule has 1 saturated heterocycles. The zero-order valence-electron chi connectivity index (χ0n) is 17.1. The van der Waals surface area contributed by atoms with E-state index in [1.54, 1.807) is 50.8 Å². The number of benzene rings is 1. The van der Waals surface area contributed by atoms with Crippen molar-refractivity contribution in [3.05, 3.63) is 33.8 Å². The van der Waals surface area contributed by atoms with Crippen LogP contribution in [-0.4, -0.2) is 42.3 Å². The van der Waals surface area contributed by atoms with Crippen molar-refractivity contribution in [1.82, 2.24) is 4.90 Å². The lowest BCUT2D eigenvalue weighted by Gasteiger charge is -2.44. The van der Waals surface area contributed by atoms with Crippen molar-refractivity contribution in [2.45, 2.75) is 51.6 Å². The van der Waals surface area contributed by atoms with Crippen molar-refractivity contribution in [3.63, 3.8) is 0 Å². The number of hydrogen-bond donors (Lipinski definition) is 0. The third kappa shape index (κ3) is 5.34. The van der Waals surface area contributed by atoms with Crippen LogP contribution in [0.3, 0.4) is 0 Å². The lowest BCUT2D eigenvalue weighted by Crippen LogP contribution is -2.51. The number of piperidine rings is 1. The van der Waals surface area contributed by atoms with Gasteiger partial charge in [-0.15, -0.1) is 0 Å². The Balaban J connectivity index is 2.38. The van der Waals surface area contributed by atoms with Gasteiger partial charge in [0.1, 0.15) is 5.60 Å². The molecule has 1 fully saturated rings. The van der Waals surface area contributed by atoms with E-state index >= 15 is 0 Å². The van der Waals surface area contributed by atoms with Crippen LogP contribution in [0.4, 0.5) is 4.79 Å². The maximum Gasteiger partial charge on any atom is 0.410 e. The van der Waals surface area contributed by atoms with Crippen LogP contribution in [0.25, 0.3) is 0 Å². The lowest BCUT2D eigenvalue weighted by atomic mass is 9.64. The minimum Gasteiger partial charge on any atom is -0.465 e. The summed E-state index contributed by atoms with van der Waals surface area (Å²) in [7, 11) is 0. The molecule has 0 bridgehead atoms. The Bertz CT molecular complexity index is 806. The molecule has 1 heterocycles. The van der Waals surface area contributed by atoms with Crippen molar-refractivity contribution in [3.8, 4) is 6.07 Å².